The van der Waals surface area contributed by atoms with Crippen LogP contribution in [0.1, 0.15) is 32.6 Å². The van der Waals surface area contributed by atoms with Gasteiger partial charge >= 0.3 is 0 Å². The molecule has 1 unspecified atom stereocenters. The van der Waals surface area contributed by atoms with E-state index in [4.69, 9.17) is 10.9 Å². The summed E-state index contributed by atoms with van der Waals surface area (Å²) in [5.41, 5.74) is 4.85. The average Bonchev–Trinajstić information content (AvgIpc) is 3.07. The van der Waals surface area contributed by atoms with Crippen LogP contribution in [-0.4, -0.2) is 48.0 Å². The van der Waals surface area contributed by atoms with E-state index in [0.29, 0.717) is 25.3 Å². The highest BCUT2D eigenvalue weighted by Crippen LogP contribution is 2.46. The van der Waals surface area contributed by atoms with Crippen LogP contribution < -0.4 is 11.1 Å². The zero-order chi connectivity index (χ0) is 13.9. The molecule has 6 nitrogen and oxygen atoms in total. The third-order valence-electron chi connectivity index (χ3n) is 4.16. The smallest absolute Gasteiger partial charge is 0.233 e. The molecule has 4 N–H and O–H groups in total. The van der Waals surface area contributed by atoms with Gasteiger partial charge in [0.15, 0.2) is 5.84 Å². The Morgan fingerprint density at radius 2 is 2.11 bits per heavy atom. The molecule has 0 aromatic carbocycles. The first-order valence-electron chi connectivity index (χ1n) is 7.07. The molecular weight excluding hydrogens is 244 g/mol. The number of amidine groups is 1. The van der Waals surface area contributed by atoms with Crippen molar-refractivity contribution in [3.8, 4) is 0 Å². The average molecular weight is 268 g/mol. The minimum Gasteiger partial charge on any atom is -0.409 e. The van der Waals surface area contributed by atoms with Gasteiger partial charge in [-0.25, -0.2) is 0 Å². The number of amides is 1. The maximum Gasteiger partial charge on any atom is 0.233 e. The van der Waals surface area contributed by atoms with Crippen LogP contribution in [0.15, 0.2) is 5.16 Å². The zero-order valence-electron chi connectivity index (χ0n) is 11.6. The number of hydrogen-bond donors (Lipinski definition) is 3. The summed E-state index contributed by atoms with van der Waals surface area (Å²) in [5.74, 6) is 0.360. The van der Waals surface area contributed by atoms with Gasteiger partial charge in [0.1, 0.15) is 5.41 Å². The first-order chi connectivity index (χ1) is 9.08. The van der Waals surface area contributed by atoms with Crippen LogP contribution in [0, 0.1) is 11.3 Å². The number of carbonyl (C=O) groups excluding carboxylic acids is 1. The standard InChI is InChI=1S/C13H24N4O2/c1-10(9-17-6-2-3-7-17)8-15-12(18)13(4-5-13)11(14)16-19/h10,19H,2-9H2,1H3,(H2,14,16)(H,15,18). The summed E-state index contributed by atoms with van der Waals surface area (Å²) in [4.78, 5) is 14.5. The molecule has 1 aliphatic carbocycles. The van der Waals surface area contributed by atoms with Crippen LogP contribution in [0.4, 0.5) is 0 Å². The Hall–Kier alpha value is -1.30. The van der Waals surface area contributed by atoms with Crippen molar-refractivity contribution in [2.45, 2.75) is 32.6 Å². The molecule has 2 rings (SSSR count). The van der Waals surface area contributed by atoms with E-state index >= 15 is 0 Å². The summed E-state index contributed by atoms with van der Waals surface area (Å²) in [6, 6.07) is 0. The second-order valence-corrected chi connectivity index (χ2v) is 5.89. The van der Waals surface area contributed by atoms with Crippen molar-refractivity contribution >= 4 is 11.7 Å². The summed E-state index contributed by atoms with van der Waals surface area (Å²) in [6.45, 7) is 6.16. The van der Waals surface area contributed by atoms with Gasteiger partial charge in [0.05, 0.1) is 0 Å². The van der Waals surface area contributed by atoms with Crippen molar-refractivity contribution in [3.63, 3.8) is 0 Å². The highest BCUT2D eigenvalue weighted by molar-refractivity contribution is 6.09. The monoisotopic (exact) mass is 268 g/mol. The van der Waals surface area contributed by atoms with Gasteiger partial charge in [-0.05, 0) is 44.7 Å². The van der Waals surface area contributed by atoms with Crippen LogP contribution in [0.2, 0.25) is 0 Å². The van der Waals surface area contributed by atoms with Crippen LogP contribution in [-0.2, 0) is 4.79 Å². The molecule has 2 fully saturated rings. The molecule has 1 amide bonds. The van der Waals surface area contributed by atoms with Gasteiger partial charge in [-0.2, -0.15) is 0 Å². The Bertz CT molecular complexity index is 360. The fourth-order valence-corrected chi connectivity index (χ4v) is 2.73. The molecule has 0 spiro atoms. The minimum absolute atomic E-state index is 0.0391. The molecule has 6 heteroatoms. The summed E-state index contributed by atoms with van der Waals surface area (Å²) < 4.78 is 0. The molecule has 1 heterocycles. The van der Waals surface area contributed by atoms with Crippen LogP contribution in [0.5, 0.6) is 0 Å². The molecule has 2 aliphatic rings. The van der Waals surface area contributed by atoms with Crippen molar-refractivity contribution < 1.29 is 10.0 Å². The number of hydrogen-bond acceptors (Lipinski definition) is 4. The van der Waals surface area contributed by atoms with Crippen molar-refractivity contribution in [3.05, 3.63) is 0 Å². The lowest BCUT2D eigenvalue weighted by molar-refractivity contribution is -0.124. The number of carbonyl (C=O) groups is 1. The molecule has 1 saturated carbocycles. The van der Waals surface area contributed by atoms with Crippen molar-refractivity contribution in [1.29, 1.82) is 0 Å². The van der Waals surface area contributed by atoms with Crippen molar-refractivity contribution in [2.24, 2.45) is 22.2 Å². The first kappa shape index (κ1) is 14.1. The number of nitrogens with two attached hydrogens (primary N) is 1. The Kier molecular flexibility index (Phi) is 4.29. The lowest BCUT2D eigenvalue weighted by atomic mass is 10.0. The second kappa shape index (κ2) is 5.77. The second-order valence-electron chi connectivity index (χ2n) is 5.89. The van der Waals surface area contributed by atoms with E-state index in [1.165, 1.54) is 25.9 Å². The third kappa shape index (κ3) is 3.18. The van der Waals surface area contributed by atoms with Gasteiger partial charge in [0.2, 0.25) is 5.91 Å². The lowest BCUT2D eigenvalue weighted by Gasteiger charge is -2.21. The Morgan fingerprint density at radius 1 is 1.47 bits per heavy atom. The highest BCUT2D eigenvalue weighted by Gasteiger charge is 2.54. The van der Waals surface area contributed by atoms with Gasteiger partial charge in [0, 0.05) is 13.1 Å². The topological polar surface area (TPSA) is 91.0 Å². The molecule has 0 bridgehead atoms. The van der Waals surface area contributed by atoms with Gasteiger partial charge in [-0.15, -0.1) is 0 Å². The molecule has 1 saturated heterocycles. The Labute approximate surface area is 114 Å². The number of nitrogens with one attached hydrogen (secondary N) is 1. The van der Waals surface area contributed by atoms with Crippen LogP contribution in [0.3, 0.4) is 0 Å². The number of rotatable bonds is 6. The predicted molar refractivity (Wildman–Crippen MR) is 72.9 cm³/mol. The van der Waals surface area contributed by atoms with E-state index in [-0.39, 0.29) is 11.7 Å². The highest BCUT2D eigenvalue weighted by atomic mass is 16.4. The summed E-state index contributed by atoms with van der Waals surface area (Å²) in [7, 11) is 0. The van der Waals surface area contributed by atoms with Crippen molar-refractivity contribution in [1.82, 2.24) is 10.2 Å². The molecule has 0 aromatic rings. The van der Waals surface area contributed by atoms with Crippen LogP contribution in [0.25, 0.3) is 0 Å². The lowest BCUT2D eigenvalue weighted by Crippen LogP contribution is -2.43. The van der Waals surface area contributed by atoms with Gasteiger partial charge < -0.3 is 21.2 Å². The summed E-state index contributed by atoms with van der Waals surface area (Å²) in [6.07, 6.45) is 3.92. The minimum atomic E-state index is -0.734. The van der Waals surface area contributed by atoms with Crippen molar-refractivity contribution in [2.75, 3.05) is 26.2 Å². The van der Waals surface area contributed by atoms with E-state index in [0.717, 1.165) is 6.54 Å². The van der Waals surface area contributed by atoms with Gasteiger partial charge in [-0.1, -0.05) is 12.1 Å². The maximum absolute atomic E-state index is 12.1. The van der Waals surface area contributed by atoms with Crippen LogP contribution >= 0.6 is 0 Å². The molecular formula is C13H24N4O2. The quantitative estimate of drug-likeness (QED) is 0.281. The van der Waals surface area contributed by atoms with E-state index < -0.39 is 5.41 Å². The molecule has 108 valence electrons. The Balaban J connectivity index is 1.74. The number of nitrogens with zero attached hydrogens (tertiary/aromatic N) is 2. The first-order valence-corrected chi connectivity index (χ1v) is 7.07. The summed E-state index contributed by atoms with van der Waals surface area (Å²) >= 11 is 0. The van der Waals surface area contributed by atoms with Gasteiger partial charge in [-0.3, -0.25) is 4.79 Å². The van der Waals surface area contributed by atoms with Gasteiger partial charge in [0.25, 0.3) is 0 Å². The van der Waals surface area contributed by atoms with E-state index in [9.17, 15) is 4.79 Å². The zero-order valence-corrected chi connectivity index (χ0v) is 11.6. The van der Waals surface area contributed by atoms with E-state index in [2.05, 4.69) is 22.3 Å². The third-order valence-corrected chi connectivity index (χ3v) is 4.16. The predicted octanol–water partition coefficient (Wildman–Crippen LogP) is 0.361. The molecule has 1 aliphatic heterocycles. The fraction of sp³-hybridized carbons (Fsp3) is 0.846. The van der Waals surface area contributed by atoms with E-state index in [1.807, 2.05) is 0 Å². The largest absolute Gasteiger partial charge is 0.409 e. The Morgan fingerprint density at radius 3 is 2.63 bits per heavy atom. The maximum atomic E-state index is 12.1. The summed E-state index contributed by atoms with van der Waals surface area (Å²) in [5, 5.41) is 14.6. The molecule has 0 radical (unpaired) electrons. The normalized spacial score (nSPS) is 24.2. The van der Waals surface area contributed by atoms with E-state index in [1.54, 1.807) is 0 Å². The fourth-order valence-electron chi connectivity index (χ4n) is 2.73. The molecule has 0 aromatic heterocycles. The number of oxime groups is 1. The molecule has 1 atom stereocenters. The number of likely N-dealkylation sites (tertiary alicyclic amines) is 1. The SMILES string of the molecule is CC(CNC(=O)C1(C(N)=NO)CC1)CN1CCCC1. The molecule has 19 heavy (non-hydrogen) atoms.